The van der Waals surface area contributed by atoms with Crippen molar-refractivity contribution in [1.82, 2.24) is 14.5 Å². The molecule has 0 aliphatic carbocycles. The lowest BCUT2D eigenvalue weighted by Gasteiger charge is -2.16. The molecule has 7 heteroatoms. The number of rotatable bonds is 3. The zero-order chi connectivity index (χ0) is 21.5. The van der Waals surface area contributed by atoms with Gasteiger partial charge in [-0.25, -0.2) is 4.98 Å². The number of aryl methyl sites for hydroxylation is 1. The molecule has 0 unspecified atom stereocenters. The molecule has 0 aliphatic rings. The van der Waals surface area contributed by atoms with Crippen molar-refractivity contribution in [2.24, 2.45) is 0 Å². The van der Waals surface area contributed by atoms with E-state index in [0.717, 1.165) is 17.1 Å². The molecule has 2 aromatic heterocycles. The number of nitrogens with zero attached hydrogens (tertiary/aromatic N) is 3. The van der Waals surface area contributed by atoms with Crippen LogP contribution in [-0.2, 0) is 6.18 Å². The van der Waals surface area contributed by atoms with Crippen LogP contribution in [0.15, 0.2) is 54.6 Å². The molecule has 1 N–H and O–H groups in total. The highest BCUT2D eigenvalue weighted by Crippen LogP contribution is 2.36. The minimum Gasteiger partial charge on any atom is -0.337 e. The summed E-state index contributed by atoms with van der Waals surface area (Å²) in [6, 6.07) is 16.8. The van der Waals surface area contributed by atoms with E-state index in [0.29, 0.717) is 28.3 Å². The van der Waals surface area contributed by atoms with Crippen molar-refractivity contribution >= 4 is 22.7 Å². The number of nitriles is 1. The lowest BCUT2D eigenvalue weighted by molar-refractivity contribution is -0.137. The normalized spacial score (nSPS) is 12.3. The first kappa shape index (κ1) is 19.5. The number of hydrogen-bond donors (Lipinski definition) is 1. The number of allylic oxidation sites excluding steroid dienone is 1. The molecule has 0 saturated carbocycles. The van der Waals surface area contributed by atoms with Gasteiger partial charge in [-0.05, 0) is 55.8 Å². The van der Waals surface area contributed by atoms with E-state index in [1.54, 1.807) is 36.6 Å². The Balaban J connectivity index is 1.84. The third-order valence-electron chi connectivity index (χ3n) is 4.99. The van der Waals surface area contributed by atoms with Crippen LogP contribution in [0.5, 0.6) is 0 Å². The number of imidazole rings is 1. The molecule has 30 heavy (non-hydrogen) atoms. The lowest BCUT2D eigenvalue weighted by Crippen LogP contribution is -2.12. The molecule has 2 heterocycles. The maximum absolute atomic E-state index is 13.5. The Hall–Kier alpha value is -3.79. The largest absolute Gasteiger partial charge is 0.418 e. The van der Waals surface area contributed by atoms with Gasteiger partial charge in [0.2, 0.25) is 0 Å². The first-order chi connectivity index (χ1) is 14.3. The fourth-order valence-electron chi connectivity index (χ4n) is 3.60. The second-order valence-electron chi connectivity index (χ2n) is 6.95. The van der Waals surface area contributed by atoms with Gasteiger partial charge in [0.05, 0.1) is 27.9 Å². The second-order valence-corrected chi connectivity index (χ2v) is 6.95. The highest BCUT2D eigenvalue weighted by atomic mass is 19.4. The second kappa shape index (κ2) is 7.23. The minimum absolute atomic E-state index is 0.0573. The summed E-state index contributed by atoms with van der Waals surface area (Å²) in [4.78, 5) is 7.55. The number of halogens is 3. The first-order valence-corrected chi connectivity index (χ1v) is 9.22. The van der Waals surface area contributed by atoms with Gasteiger partial charge in [-0.1, -0.05) is 24.3 Å². The van der Waals surface area contributed by atoms with E-state index < -0.39 is 11.7 Å². The van der Waals surface area contributed by atoms with Crippen molar-refractivity contribution in [2.75, 3.05) is 0 Å². The van der Waals surface area contributed by atoms with E-state index in [1.807, 2.05) is 24.3 Å². The molecular formula is C23H17F3N4. The van der Waals surface area contributed by atoms with Gasteiger partial charge in [0, 0.05) is 11.4 Å². The number of aromatic nitrogens is 3. The highest BCUT2D eigenvalue weighted by molar-refractivity contribution is 5.90. The van der Waals surface area contributed by atoms with E-state index >= 15 is 0 Å². The van der Waals surface area contributed by atoms with Crippen molar-refractivity contribution in [3.63, 3.8) is 0 Å². The van der Waals surface area contributed by atoms with Gasteiger partial charge < -0.3 is 9.55 Å². The summed E-state index contributed by atoms with van der Waals surface area (Å²) in [6.07, 6.45) is -2.82. The summed E-state index contributed by atoms with van der Waals surface area (Å²) in [5, 5.41) is 9.67. The average molecular weight is 406 g/mol. The third-order valence-corrected chi connectivity index (χ3v) is 4.99. The van der Waals surface area contributed by atoms with Gasteiger partial charge in [-0.3, -0.25) is 0 Å². The summed E-state index contributed by atoms with van der Waals surface area (Å²) in [7, 11) is 0. The predicted octanol–water partition coefficient (Wildman–Crippen LogP) is 6.05. The van der Waals surface area contributed by atoms with E-state index in [-0.39, 0.29) is 5.69 Å². The number of aromatic amines is 1. The first-order valence-electron chi connectivity index (χ1n) is 9.22. The lowest BCUT2D eigenvalue weighted by atomic mass is 10.1. The molecule has 0 atom stereocenters. The van der Waals surface area contributed by atoms with Crippen LogP contribution < -0.4 is 0 Å². The van der Waals surface area contributed by atoms with Crippen LogP contribution in [0.25, 0.3) is 28.4 Å². The van der Waals surface area contributed by atoms with Gasteiger partial charge in [-0.15, -0.1) is 0 Å². The van der Waals surface area contributed by atoms with Crippen molar-refractivity contribution in [1.29, 1.82) is 5.26 Å². The molecule has 150 valence electrons. The Bertz CT molecular complexity index is 1280. The van der Waals surface area contributed by atoms with Crippen molar-refractivity contribution in [2.45, 2.75) is 20.0 Å². The van der Waals surface area contributed by atoms with Gasteiger partial charge in [0.1, 0.15) is 11.9 Å². The van der Waals surface area contributed by atoms with Crippen molar-refractivity contribution in [3.8, 4) is 11.8 Å². The SMILES string of the molecule is Cc1cc(/C=C(\C#N)c2nc3ccccc3[nH]2)c(C)n1-c1ccccc1C(F)(F)F. The zero-order valence-corrected chi connectivity index (χ0v) is 16.2. The molecule has 4 rings (SSSR count). The topological polar surface area (TPSA) is 57.4 Å². The number of nitrogens with one attached hydrogen (secondary N) is 1. The Morgan fingerprint density at radius 1 is 1.10 bits per heavy atom. The van der Waals surface area contributed by atoms with E-state index in [2.05, 4.69) is 16.0 Å². The molecule has 0 aliphatic heterocycles. The standard InChI is InChI=1S/C23H17F3N4/c1-14-11-16(12-17(13-27)22-28-19-8-4-5-9-20(19)29-22)15(2)30(14)21-10-6-3-7-18(21)23(24,25)26/h3-12H,1-2H3,(H,28,29)/b17-12+. The Labute approximate surface area is 170 Å². The van der Waals surface area contributed by atoms with E-state index in [9.17, 15) is 18.4 Å². The number of fused-ring (bicyclic) bond motifs is 1. The molecule has 0 bridgehead atoms. The summed E-state index contributed by atoms with van der Waals surface area (Å²) >= 11 is 0. The molecule has 0 radical (unpaired) electrons. The van der Waals surface area contributed by atoms with Gasteiger partial charge in [-0.2, -0.15) is 18.4 Å². The van der Waals surface area contributed by atoms with Crippen LogP contribution in [0.4, 0.5) is 13.2 Å². The molecular weight excluding hydrogens is 389 g/mol. The zero-order valence-electron chi connectivity index (χ0n) is 16.2. The summed E-state index contributed by atoms with van der Waals surface area (Å²) in [5.74, 6) is 0.416. The quantitative estimate of drug-likeness (QED) is 0.421. The summed E-state index contributed by atoms with van der Waals surface area (Å²) < 4.78 is 42.1. The van der Waals surface area contributed by atoms with Gasteiger partial charge in [0.25, 0.3) is 0 Å². The average Bonchev–Trinajstić information content (AvgIpc) is 3.26. The number of H-pyrrole nitrogens is 1. The number of alkyl halides is 3. The molecule has 0 saturated heterocycles. The van der Waals surface area contributed by atoms with Crippen LogP contribution >= 0.6 is 0 Å². The predicted molar refractivity (Wildman–Crippen MR) is 110 cm³/mol. The number of hydrogen-bond acceptors (Lipinski definition) is 2. The number of benzene rings is 2. The number of para-hydroxylation sites is 3. The fourth-order valence-corrected chi connectivity index (χ4v) is 3.60. The third kappa shape index (κ3) is 3.37. The maximum Gasteiger partial charge on any atom is 0.418 e. The van der Waals surface area contributed by atoms with Crippen molar-refractivity contribution < 1.29 is 13.2 Å². The molecule has 0 amide bonds. The minimum atomic E-state index is -4.47. The molecule has 2 aromatic carbocycles. The van der Waals surface area contributed by atoms with Crippen LogP contribution in [0.2, 0.25) is 0 Å². The summed E-state index contributed by atoms with van der Waals surface area (Å²) in [5.41, 5.74) is 3.08. The summed E-state index contributed by atoms with van der Waals surface area (Å²) in [6.45, 7) is 3.48. The Morgan fingerprint density at radius 2 is 1.80 bits per heavy atom. The smallest absolute Gasteiger partial charge is 0.337 e. The van der Waals surface area contributed by atoms with Crippen LogP contribution in [0.1, 0.15) is 28.3 Å². The Kier molecular flexibility index (Phi) is 4.70. The van der Waals surface area contributed by atoms with Crippen LogP contribution in [-0.4, -0.2) is 14.5 Å². The molecule has 0 fully saturated rings. The van der Waals surface area contributed by atoms with Crippen molar-refractivity contribution in [3.05, 3.63) is 82.9 Å². The van der Waals surface area contributed by atoms with Crippen LogP contribution in [0.3, 0.4) is 0 Å². The Morgan fingerprint density at radius 3 is 2.50 bits per heavy atom. The van der Waals surface area contributed by atoms with E-state index in [4.69, 9.17) is 0 Å². The molecule has 0 spiro atoms. The maximum atomic E-state index is 13.5. The van der Waals surface area contributed by atoms with E-state index in [1.165, 1.54) is 12.1 Å². The monoisotopic (exact) mass is 406 g/mol. The van der Waals surface area contributed by atoms with Crippen LogP contribution in [0, 0.1) is 25.2 Å². The molecule has 4 nitrogen and oxygen atoms in total. The fraction of sp³-hybridized carbons (Fsp3) is 0.130. The van der Waals surface area contributed by atoms with Gasteiger partial charge in [0.15, 0.2) is 0 Å². The highest BCUT2D eigenvalue weighted by Gasteiger charge is 2.34. The molecule has 4 aromatic rings. The van der Waals surface area contributed by atoms with Gasteiger partial charge >= 0.3 is 6.18 Å².